The molecule has 0 radical (unpaired) electrons. The molecule has 0 fully saturated rings. The SMILES string of the molecule is Oc1cccc2nc3ccc4c(c3cc12)CCCN4. The summed E-state index contributed by atoms with van der Waals surface area (Å²) in [6.07, 6.45) is 2.21. The van der Waals surface area contributed by atoms with Crippen molar-refractivity contribution in [2.45, 2.75) is 12.8 Å². The molecule has 3 nitrogen and oxygen atoms in total. The molecule has 94 valence electrons. The summed E-state index contributed by atoms with van der Waals surface area (Å²) in [4.78, 5) is 4.66. The molecule has 0 amide bonds. The Labute approximate surface area is 110 Å². The zero-order chi connectivity index (χ0) is 12.8. The van der Waals surface area contributed by atoms with E-state index in [2.05, 4.69) is 28.5 Å². The average molecular weight is 250 g/mol. The lowest BCUT2D eigenvalue weighted by atomic mass is 9.97. The molecule has 4 rings (SSSR count). The van der Waals surface area contributed by atoms with Gasteiger partial charge in [-0.05, 0) is 48.7 Å². The average Bonchev–Trinajstić information content (AvgIpc) is 2.46. The molecule has 2 aromatic carbocycles. The highest BCUT2D eigenvalue weighted by atomic mass is 16.3. The van der Waals surface area contributed by atoms with Gasteiger partial charge in [0.2, 0.25) is 0 Å². The Morgan fingerprint density at radius 2 is 1.95 bits per heavy atom. The minimum Gasteiger partial charge on any atom is -0.507 e. The van der Waals surface area contributed by atoms with E-state index in [0.29, 0.717) is 5.75 Å². The first kappa shape index (κ1) is 10.6. The predicted octanol–water partition coefficient (Wildman–Crippen LogP) is 3.45. The number of phenolic OH excluding ortho intramolecular Hbond substituents is 1. The van der Waals surface area contributed by atoms with Gasteiger partial charge in [0.1, 0.15) is 5.75 Å². The van der Waals surface area contributed by atoms with Crippen LogP contribution in [0, 0.1) is 0 Å². The number of rotatable bonds is 0. The highest BCUT2D eigenvalue weighted by molar-refractivity contribution is 5.99. The van der Waals surface area contributed by atoms with E-state index in [1.165, 1.54) is 11.3 Å². The Kier molecular flexibility index (Phi) is 2.15. The van der Waals surface area contributed by atoms with Gasteiger partial charge in [-0.2, -0.15) is 0 Å². The van der Waals surface area contributed by atoms with E-state index in [1.54, 1.807) is 6.07 Å². The molecule has 1 aromatic heterocycles. The molecule has 0 saturated heterocycles. The van der Waals surface area contributed by atoms with Gasteiger partial charge in [0.15, 0.2) is 0 Å². The van der Waals surface area contributed by atoms with Crippen LogP contribution in [0.15, 0.2) is 36.4 Å². The van der Waals surface area contributed by atoms with E-state index in [0.717, 1.165) is 41.2 Å². The first-order valence-electron chi connectivity index (χ1n) is 6.61. The number of aromatic nitrogens is 1. The molecule has 3 heteroatoms. The third kappa shape index (κ3) is 1.55. The Morgan fingerprint density at radius 3 is 2.89 bits per heavy atom. The first-order valence-corrected chi connectivity index (χ1v) is 6.61. The Bertz CT molecular complexity index is 795. The van der Waals surface area contributed by atoms with Crippen LogP contribution < -0.4 is 5.32 Å². The minimum absolute atomic E-state index is 0.299. The second-order valence-electron chi connectivity index (χ2n) is 5.02. The Hall–Kier alpha value is -2.29. The quantitative estimate of drug-likeness (QED) is 0.601. The van der Waals surface area contributed by atoms with Gasteiger partial charge in [-0.1, -0.05) is 6.07 Å². The van der Waals surface area contributed by atoms with E-state index in [-0.39, 0.29) is 0 Å². The van der Waals surface area contributed by atoms with E-state index >= 15 is 0 Å². The molecule has 2 heterocycles. The van der Waals surface area contributed by atoms with E-state index in [9.17, 15) is 5.11 Å². The van der Waals surface area contributed by atoms with Crippen molar-refractivity contribution >= 4 is 27.5 Å². The van der Waals surface area contributed by atoms with Crippen molar-refractivity contribution in [1.82, 2.24) is 4.98 Å². The normalized spacial score (nSPS) is 14.3. The summed E-state index contributed by atoms with van der Waals surface area (Å²) in [7, 11) is 0. The maximum atomic E-state index is 9.98. The fourth-order valence-electron chi connectivity index (χ4n) is 2.89. The summed E-state index contributed by atoms with van der Waals surface area (Å²) in [5.41, 5.74) is 4.37. The number of aryl methyl sites for hydroxylation is 1. The molecular formula is C16H14N2O. The summed E-state index contributed by atoms with van der Waals surface area (Å²) in [5.74, 6) is 0.299. The number of aromatic hydroxyl groups is 1. The number of fused-ring (bicyclic) bond motifs is 4. The lowest BCUT2D eigenvalue weighted by Crippen LogP contribution is -2.11. The smallest absolute Gasteiger partial charge is 0.124 e. The van der Waals surface area contributed by atoms with Crippen molar-refractivity contribution in [2.75, 3.05) is 11.9 Å². The molecular weight excluding hydrogens is 236 g/mol. The number of hydrogen-bond donors (Lipinski definition) is 2. The van der Waals surface area contributed by atoms with Gasteiger partial charge < -0.3 is 10.4 Å². The van der Waals surface area contributed by atoms with Crippen molar-refractivity contribution in [1.29, 1.82) is 0 Å². The zero-order valence-electron chi connectivity index (χ0n) is 10.5. The fraction of sp³-hybridized carbons (Fsp3) is 0.188. The molecule has 0 unspecified atom stereocenters. The number of hydrogen-bond acceptors (Lipinski definition) is 3. The summed E-state index contributed by atoms with van der Waals surface area (Å²) >= 11 is 0. The summed E-state index contributed by atoms with van der Waals surface area (Å²) < 4.78 is 0. The molecule has 0 aliphatic carbocycles. The maximum Gasteiger partial charge on any atom is 0.124 e. The van der Waals surface area contributed by atoms with Gasteiger partial charge >= 0.3 is 0 Å². The van der Waals surface area contributed by atoms with Crippen LogP contribution in [0.5, 0.6) is 5.75 Å². The predicted molar refractivity (Wildman–Crippen MR) is 77.7 cm³/mol. The molecule has 0 bridgehead atoms. The maximum absolute atomic E-state index is 9.98. The number of nitrogens with zero attached hydrogens (tertiary/aromatic N) is 1. The van der Waals surface area contributed by atoms with Crippen LogP contribution in [0.2, 0.25) is 0 Å². The molecule has 19 heavy (non-hydrogen) atoms. The summed E-state index contributed by atoms with van der Waals surface area (Å²) in [6.45, 7) is 1.03. The number of nitrogens with one attached hydrogen (secondary N) is 1. The number of anilines is 1. The van der Waals surface area contributed by atoms with Crippen molar-refractivity contribution in [2.24, 2.45) is 0 Å². The molecule has 1 aliphatic rings. The van der Waals surface area contributed by atoms with Crippen LogP contribution in [0.4, 0.5) is 5.69 Å². The van der Waals surface area contributed by atoms with Crippen molar-refractivity contribution in [3.8, 4) is 5.75 Å². The summed E-state index contributed by atoms with van der Waals surface area (Å²) in [5, 5.41) is 15.4. The van der Waals surface area contributed by atoms with Crippen LogP contribution in [-0.2, 0) is 6.42 Å². The van der Waals surface area contributed by atoms with Crippen molar-refractivity contribution in [3.05, 3.63) is 42.0 Å². The Morgan fingerprint density at radius 1 is 1.05 bits per heavy atom. The van der Waals surface area contributed by atoms with Crippen LogP contribution in [0.25, 0.3) is 21.8 Å². The topological polar surface area (TPSA) is 45.2 Å². The lowest BCUT2D eigenvalue weighted by Gasteiger charge is -2.19. The van der Waals surface area contributed by atoms with Gasteiger partial charge in [-0.25, -0.2) is 4.98 Å². The van der Waals surface area contributed by atoms with Gasteiger partial charge in [-0.15, -0.1) is 0 Å². The first-order chi connectivity index (χ1) is 9.33. The number of phenols is 1. The molecule has 0 saturated carbocycles. The number of benzene rings is 2. The zero-order valence-corrected chi connectivity index (χ0v) is 10.5. The van der Waals surface area contributed by atoms with Crippen molar-refractivity contribution in [3.63, 3.8) is 0 Å². The van der Waals surface area contributed by atoms with E-state index < -0.39 is 0 Å². The largest absolute Gasteiger partial charge is 0.507 e. The minimum atomic E-state index is 0.299. The van der Waals surface area contributed by atoms with Crippen molar-refractivity contribution < 1.29 is 5.11 Å². The van der Waals surface area contributed by atoms with Gasteiger partial charge in [0.05, 0.1) is 11.0 Å². The highest BCUT2D eigenvalue weighted by Crippen LogP contribution is 2.33. The third-order valence-corrected chi connectivity index (χ3v) is 3.84. The fourth-order valence-corrected chi connectivity index (χ4v) is 2.89. The van der Waals surface area contributed by atoms with E-state index in [1.807, 2.05) is 12.1 Å². The van der Waals surface area contributed by atoms with Gasteiger partial charge in [0, 0.05) is 23.0 Å². The standard InChI is InChI=1S/C16H14N2O/c19-16-5-1-4-14-12(16)9-11-10-3-2-8-17-13(10)6-7-15(11)18-14/h1,4-7,9,17,19H,2-3,8H2. The molecule has 3 aromatic rings. The molecule has 2 N–H and O–H groups in total. The third-order valence-electron chi connectivity index (χ3n) is 3.84. The summed E-state index contributed by atoms with van der Waals surface area (Å²) in [6, 6.07) is 11.7. The van der Waals surface area contributed by atoms with Crippen LogP contribution in [-0.4, -0.2) is 16.6 Å². The Balaban J connectivity index is 2.13. The lowest BCUT2D eigenvalue weighted by molar-refractivity contribution is 0.481. The second kappa shape index (κ2) is 3.85. The van der Waals surface area contributed by atoms with Crippen LogP contribution in [0.1, 0.15) is 12.0 Å². The number of pyridine rings is 1. The van der Waals surface area contributed by atoms with Crippen LogP contribution >= 0.6 is 0 Å². The highest BCUT2D eigenvalue weighted by Gasteiger charge is 2.13. The molecule has 0 spiro atoms. The molecule has 1 aliphatic heterocycles. The monoisotopic (exact) mass is 250 g/mol. The molecule has 0 atom stereocenters. The van der Waals surface area contributed by atoms with Gasteiger partial charge in [-0.3, -0.25) is 0 Å². The second-order valence-corrected chi connectivity index (χ2v) is 5.02. The van der Waals surface area contributed by atoms with Crippen LogP contribution in [0.3, 0.4) is 0 Å². The van der Waals surface area contributed by atoms with Gasteiger partial charge in [0.25, 0.3) is 0 Å². The van der Waals surface area contributed by atoms with E-state index in [4.69, 9.17) is 0 Å².